The highest BCUT2D eigenvalue weighted by Crippen LogP contribution is 2.15. The number of azide groups is 1. The molecule has 0 aliphatic rings. The molecule has 2 heterocycles. The number of methoxy groups -OCH3 is 2. The number of carbonyl (C=O) groups excluding carboxylic acids is 1. The van der Waals surface area contributed by atoms with Crippen LogP contribution >= 0.6 is 0 Å². The van der Waals surface area contributed by atoms with Gasteiger partial charge in [-0.3, -0.25) is 19.1 Å². The number of pyridine rings is 1. The molecule has 124 valence electrons. The van der Waals surface area contributed by atoms with Crippen molar-refractivity contribution in [1.82, 2.24) is 14.5 Å². The summed E-state index contributed by atoms with van der Waals surface area (Å²) >= 11 is 0. The van der Waals surface area contributed by atoms with Gasteiger partial charge in [0.1, 0.15) is 11.4 Å². The second kappa shape index (κ2) is 7.97. The zero-order valence-electron chi connectivity index (χ0n) is 13.0. The summed E-state index contributed by atoms with van der Waals surface area (Å²) in [5.41, 5.74) is 7.94. The van der Waals surface area contributed by atoms with Crippen LogP contribution in [0.1, 0.15) is 10.4 Å². The first-order chi connectivity index (χ1) is 11.6. The lowest BCUT2D eigenvalue weighted by atomic mass is 10.2. The van der Waals surface area contributed by atoms with Gasteiger partial charge < -0.3 is 9.47 Å². The summed E-state index contributed by atoms with van der Waals surface area (Å²) in [6.45, 7) is -0.0134. The average molecular weight is 330 g/mol. The van der Waals surface area contributed by atoms with Crippen LogP contribution in [0.2, 0.25) is 0 Å². The number of amides is 1. The average Bonchev–Trinajstić information content (AvgIpc) is 2.61. The molecule has 0 aromatic carbocycles. The molecule has 0 N–H and O–H groups in total. The van der Waals surface area contributed by atoms with Crippen LogP contribution < -0.4 is 5.56 Å². The van der Waals surface area contributed by atoms with Gasteiger partial charge >= 0.3 is 0 Å². The van der Waals surface area contributed by atoms with Crippen molar-refractivity contribution in [3.8, 4) is 11.4 Å². The molecule has 0 aliphatic heterocycles. The van der Waals surface area contributed by atoms with Crippen molar-refractivity contribution in [3.63, 3.8) is 0 Å². The highest BCUT2D eigenvalue weighted by molar-refractivity contribution is 5.94. The van der Waals surface area contributed by atoms with Gasteiger partial charge in [0.2, 0.25) is 0 Å². The maximum Gasteiger partial charge on any atom is 0.265 e. The normalized spacial score (nSPS) is 10.5. The van der Waals surface area contributed by atoms with Crippen LogP contribution in [0.5, 0.6) is 0 Å². The Morgan fingerprint density at radius 2 is 2.17 bits per heavy atom. The molecule has 2 aromatic rings. The van der Waals surface area contributed by atoms with Crippen molar-refractivity contribution in [2.45, 2.75) is 12.8 Å². The molecule has 0 aliphatic carbocycles. The number of hydrogen-bond acceptors (Lipinski definition) is 6. The summed E-state index contributed by atoms with van der Waals surface area (Å²) < 4.78 is 11.4. The fourth-order valence-corrected chi connectivity index (χ4v) is 2.02. The summed E-state index contributed by atoms with van der Waals surface area (Å²) in [6.07, 6.45) is 3.46. The van der Waals surface area contributed by atoms with Crippen molar-refractivity contribution in [3.05, 3.63) is 57.1 Å². The van der Waals surface area contributed by atoms with Crippen LogP contribution in [0.15, 0.2) is 40.6 Å². The Labute approximate surface area is 136 Å². The second-order valence-corrected chi connectivity index (χ2v) is 4.55. The third-order valence-corrected chi connectivity index (χ3v) is 3.19. The van der Waals surface area contributed by atoms with Gasteiger partial charge in [-0.1, -0.05) is 0 Å². The van der Waals surface area contributed by atoms with E-state index in [0.717, 1.165) is 6.20 Å². The van der Waals surface area contributed by atoms with E-state index >= 15 is 0 Å². The van der Waals surface area contributed by atoms with Gasteiger partial charge in [-0.2, -0.15) is 0 Å². The Hall–Kier alpha value is -3.07. The van der Waals surface area contributed by atoms with E-state index in [1.165, 1.54) is 25.0 Å². The maximum absolute atomic E-state index is 12.6. The van der Waals surface area contributed by atoms with Crippen molar-refractivity contribution < 1.29 is 14.3 Å². The molecule has 0 spiro atoms. The van der Waals surface area contributed by atoms with Crippen LogP contribution in [0.3, 0.4) is 0 Å². The summed E-state index contributed by atoms with van der Waals surface area (Å²) in [6, 6.07) is 3.41. The fraction of sp³-hybridized carbons (Fsp3) is 0.286. The maximum atomic E-state index is 12.6. The predicted molar refractivity (Wildman–Crippen MR) is 83.0 cm³/mol. The molecule has 2 rings (SSSR count). The predicted octanol–water partition coefficient (Wildman–Crippen LogP) is 1.37. The number of rotatable bonds is 6. The second-order valence-electron chi connectivity index (χ2n) is 4.55. The van der Waals surface area contributed by atoms with E-state index in [-0.39, 0.29) is 17.9 Å². The summed E-state index contributed by atoms with van der Waals surface area (Å²) in [4.78, 5) is 34.9. The van der Waals surface area contributed by atoms with Gasteiger partial charge in [0.05, 0.1) is 6.54 Å². The number of aromatic nitrogens is 3. The molecule has 0 saturated heterocycles. The van der Waals surface area contributed by atoms with Crippen LogP contribution in [0.25, 0.3) is 21.8 Å². The molecule has 10 nitrogen and oxygen atoms in total. The van der Waals surface area contributed by atoms with Crippen LogP contribution in [0, 0.1) is 0 Å². The lowest BCUT2D eigenvalue weighted by molar-refractivity contribution is -0.111. The van der Waals surface area contributed by atoms with E-state index in [1.807, 2.05) is 0 Å². The van der Waals surface area contributed by atoms with E-state index in [2.05, 4.69) is 20.0 Å². The Morgan fingerprint density at radius 1 is 1.42 bits per heavy atom. The Balaban J connectivity index is 2.63. The third kappa shape index (κ3) is 3.63. The van der Waals surface area contributed by atoms with Crippen molar-refractivity contribution in [1.29, 1.82) is 0 Å². The lowest BCUT2D eigenvalue weighted by Crippen LogP contribution is -2.33. The molecule has 0 atom stereocenters. The first kappa shape index (κ1) is 17.3. The first-order valence-electron chi connectivity index (χ1n) is 6.77. The Bertz CT molecular complexity index is 825. The number of carbonyl (C=O) groups is 1. The summed E-state index contributed by atoms with van der Waals surface area (Å²) in [5, 5.41) is 2.93. The minimum Gasteiger partial charge on any atom is -0.354 e. The zero-order valence-corrected chi connectivity index (χ0v) is 13.0. The summed E-state index contributed by atoms with van der Waals surface area (Å²) in [7, 11) is 2.84. The fourth-order valence-electron chi connectivity index (χ4n) is 2.02. The zero-order chi connectivity index (χ0) is 17.5. The number of ether oxygens (including phenoxy) is 2. The summed E-state index contributed by atoms with van der Waals surface area (Å²) in [5.74, 6) is -0.724. The molecule has 24 heavy (non-hydrogen) atoms. The van der Waals surface area contributed by atoms with E-state index < -0.39 is 17.8 Å². The SMILES string of the molecule is COC(Cn1c(-c2cccnc2)ncc(C(=O)N=[N+]=[N-])c1=O)OC. The molecular weight excluding hydrogens is 316 g/mol. The van der Waals surface area contributed by atoms with Crippen molar-refractivity contribution in [2.75, 3.05) is 14.2 Å². The monoisotopic (exact) mass is 330 g/mol. The number of nitrogens with zero attached hydrogens (tertiary/aromatic N) is 6. The Morgan fingerprint density at radius 3 is 2.75 bits per heavy atom. The van der Waals surface area contributed by atoms with Gasteiger partial charge in [-0.05, 0) is 22.8 Å². The van der Waals surface area contributed by atoms with Gasteiger partial charge in [0, 0.05) is 43.3 Å². The molecule has 1 amide bonds. The molecule has 0 bridgehead atoms. The number of hydrogen-bond donors (Lipinski definition) is 0. The highest BCUT2D eigenvalue weighted by Gasteiger charge is 2.19. The first-order valence-corrected chi connectivity index (χ1v) is 6.77. The minimum absolute atomic E-state index is 0.0134. The highest BCUT2D eigenvalue weighted by atomic mass is 16.7. The molecule has 2 aromatic heterocycles. The van der Waals surface area contributed by atoms with E-state index in [1.54, 1.807) is 18.3 Å². The van der Waals surface area contributed by atoms with Crippen LogP contribution in [0.4, 0.5) is 0 Å². The van der Waals surface area contributed by atoms with E-state index in [4.69, 9.17) is 15.0 Å². The van der Waals surface area contributed by atoms with Crippen LogP contribution in [-0.2, 0) is 16.0 Å². The Kier molecular flexibility index (Phi) is 5.74. The van der Waals surface area contributed by atoms with E-state index in [0.29, 0.717) is 5.56 Å². The smallest absolute Gasteiger partial charge is 0.265 e. The lowest BCUT2D eigenvalue weighted by Gasteiger charge is -2.18. The molecule has 0 fully saturated rings. The van der Waals surface area contributed by atoms with E-state index in [9.17, 15) is 9.59 Å². The van der Waals surface area contributed by atoms with Gasteiger partial charge in [0.25, 0.3) is 11.5 Å². The molecule has 10 heteroatoms. The van der Waals surface area contributed by atoms with Crippen molar-refractivity contribution >= 4 is 5.91 Å². The standard InChI is InChI=1S/C14H14N6O4/c1-23-11(24-2)8-20-12(9-4-3-5-16-6-9)17-7-10(14(20)22)13(21)18-19-15/h3-7,11H,8H2,1-2H3. The molecular formula is C14H14N6O4. The molecule has 0 unspecified atom stereocenters. The van der Waals surface area contributed by atoms with Gasteiger partial charge in [0.15, 0.2) is 6.29 Å². The van der Waals surface area contributed by atoms with Gasteiger partial charge in [-0.25, -0.2) is 4.98 Å². The quantitative estimate of drug-likeness (QED) is 0.340. The van der Waals surface area contributed by atoms with Crippen LogP contribution in [-0.4, -0.2) is 41.0 Å². The minimum atomic E-state index is -1.01. The molecule has 0 saturated carbocycles. The van der Waals surface area contributed by atoms with Gasteiger partial charge in [-0.15, -0.1) is 0 Å². The van der Waals surface area contributed by atoms with Crippen molar-refractivity contribution in [2.24, 2.45) is 5.11 Å². The largest absolute Gasteiger partial charge is 0.354 e. The third-order valence-electron chi connectivity index (χ3n) is 3.19. The molecule has 0 radical (unpaired) electrons. The topological polar surface area (TPSA) is 132 Å².